The molecule has 0 saturated heterocycles. The Labute approximate surface area is 143 Å². The molecule has 0 aromatic heterocycles. The molecule has 24 heavy (non-hydrogen) atoms. The Hall–Kier alpha value is -2.07. The third-order valence-electron chi connectivity index (χ3n) is 4.12. The van der Waals surface area contributed by atoms with Gasteiger partial charge in [0.2, 0.25) is 0 Å². The van der Waals surface area contributed by atoms with Crippen molar-refractivity contribution in [2.45, 2.75) is 38.8 Å². The summed E-state index contributed by atoms with van der Waals surface area (Å²) in [5, 5.41) is 5.54. The Morgan fingerprint density at radius 1 is 1.17 bits per heavy atom. The van der Waals surface area contributed by atoms with Crippen molar-refractivity contribution in [2.24, 2.45) is 5.92 Å². The minimum Gasteiger partial charge on any atom is -0.489 e. The molecule has 3 rings (SSSR count). The summed E-state index contributed by atoms with van der Waals surface area (Å²) >= 11 is 0. The smallest absolute Gasteiger partial charge is 0.309 e. The van der Waals surface area contributed by atoms with Gasteiger partial charge in [0, 0.05) is 18.0 Å². The van der Waals surface area contributed by atoms with E-state index in [1.165, 1.54) is 0 Å². The molecule has 0 aliphatic heterocycles. The number of esters is 1. The van der Waals surface area contributed by atoms with Gasteiger partial charge in [-0.2, -0.15) is 0 Å². The molecule has 0 unspecified atom stereocenters. The van der Waals surface area contributed by atoms with Gasteiger partial charge in [-0.3, -0.25) is 4.79 Å². The van der Waals surface area contributed by atoms with Crippen LogP contribution in [0.4, 0.5) is 0 Å². The van der Waals surface area contributed by atoms with E-state index in [-0.39, 0.29) is 18.0 Å². The molecule has 0 amide bonds. The van der Waals surface area contributed by atoms with Gasteiger partial charge in [-0.1, -0.05) is 50.2 Å². The van der Waals surface area contributed by atoms with Gasteiger partial charge in [0.25, 0.3) is 0 Å². The zero-order valence-corrected chi connectivity index (χ0v) is 14.3. The molecule has 2 aromatic carbocycles. The first-order valence-electron chi connectivity index (χ1n) is 8.68. The molecule has 1 saturated carbocycles. The van der Waals surface area contributed by atoms with E-state index in [2.05, 4.69) is 31.3 Å². The van der Waals surface area contributed by atoms with Crippen LogP contribution in [0.5, 0.6) is 5.75 Å². The van der Waals surface area contributed by atoms with Gasteiger partial charge >= 0.3 is 5.97 Å². The summed E-state index contributed by atoms with van der Waals surface area (Å²) in [6.07, 6.45) is 1.63. The average Bonchev–Trinajstić information content (AvgIpc) is 3.42. The lowest BCUT2D eigenvalue weighted by atomic mass is 10.1. The van der Waals surface area contributed by atoms with Crippen LogP contribution < -0.4 is 10.1 Å². The fourth-order valence-corrected chi connectivity index (χ4v) is 2.59. The minimum atomic E-state index is -0.278. The first-order chi connectivity index (χ1) is 11.6. The summed E-state index contributed by atoms with van der Waals surface area (Å²) in [5.41, 5.74) is 0. The zero-order chi connectivity index (χ0) is 16.9. The quantitative estimate of drug-likeness (QED) is 0.754. The van der Waals surface area contributed by atoms with Crippen molar-refractivity contribution in [1.82, 2.24) is 5.32 Å². The van der Waals surface area contributed by atoms with Crippen molar-refractivity contribution in [2.75, 3.05) is 13.2 Å². The van der Waals surface area contributed by atoms with E-state index in [1.54, 1.807) is 0 Å². The average molecular weight is 327 g/mol. The maximum absolute atomic E-state index is 12.0. The molecule has 2 aromatic rings. The number of hydrogen-bond donors (Lipinski definition) is 1. The van der Waals surface area contributed by atoms with Gasteiger partial charge in [0.1, 0.15) is 18.5 Å². The van der Waals surface area contributed by atoms with Crippen LogP contribution in [0, 0.1) is 5.92 Å². The van der Waals surface area contributed by atoms with Gasteiger partial charge in [-0.25, -0.2) is 0 Å². The molecule has 1 N–H and O–H groups in total. The predicted molar refractivity (Wildman–Crippen MR) is 95.2 cm³/mol. The molecule has 128 valence electrons. The molecular formula is C20H25NO3. The van der Waals surface area contributed by atoms with Crippen molar-refractivity contribution >= 4 is 16.7 Å². The standard InChI is InChI=1S/C20H25NO3/c1-14(2)21-12-17(24-20(22)16-10-11-16)13-23-19-9-5-7-15-6-3-4-8-18(15)19/h3-9,14,16-17,21H,10-13H2,1-2H3/t17-/m0/s1. The van der Waals surface area contributed by atoms with Crippen molar-refractivity contribution in [3.05, 3.63) is 42.5 Å². The summed E-state index contributed by atoms with van der Waals surface area (Å²) in [6, 6.07) is 14.5. The topological polar surface area (TPSA) is 47.6 Å². The van der Waals surface area contributed by atoms with E-state index in [0.717, 1.165) is 29.4 Å². The number of fused-ring (bicyclic) bond motifs is 1. The fraction of sp³-hybridized carbons (Fsp3) is 0.450. The Bertz CT molecular complexity index is 689. The zero-order valence-electron chi connectivity index (χ0n) is 14.3. The van der Waals surface area contributed by atoms with Gasteiger partial charge in [0.15, 0.2) is 0 Å². The second-order valence-corrected chi connectivity index (χ2v) is 6.68. The van der Waals surface area contributed by atoms with Crippen molar-refractivity contribution < 1.29 is 14.3 Å². The fourth-order valence-electron chi connectivity index (χ4n) is 2.59. The molecule has 4 nitrogen and oxygen atoms in total. The maximum atomic E-state index is 12.0. The third kappa shape index (κ3) is 4.48. The molecule has 0 radical (unpaired) electrons. The van der Waals surface area contributed by atoms with Crippen LogP contribution in [0.15, 0.2) is 42.5 Å². The summed E-state index contributed by atoms with van der Waals surface area (Å²) in [5.74, 6) is 0.835. The highest BCUT2D eigenvalue weighted by Gasteiger charge is 2.33. The van der Waals surface area contributed by atoms with Gasteiger partial charge in [0.05, 0.1) is 5.92 Å². The minimum absolute atomic E-state index is 0.0907. The van der Waals surface area contributed by atoms with Gasteiger partial charge in [-0.15, -0.1) is 0 Å². The first-order valence-corrected chi connectivity index (χ1v) is 8.68. The monoisotopic (exact) mass is 327 g/mol. The lowest BCUT2D eigenvalue weighted by Gasteiger charge is -2.21. The number of ether oxygens (including phenoxy) is 2. The molecule has 1 aliphatic rings. The maximum Gasteiger partial charge on any atom is 0.309 e. The molecular weight excluding hydrogens is 302 g/mol. The molecule has 1 atom stereocenters. The van der Waals surface area contributed by atoms with E-state index in [9.17, 15) is 4.79 Å². The number of benzene rings is 2. The molecule has 1 aliphatic carbocycles. The number of carbonyl (C=O) groups is 1. The molecule has 0 spiro atoms. The van der Waals surface area contributed by atoms with Crippen molar-refractivity contribution in [3.8, 4) is 5.75 Å². The summed E-state index contributed by atoms with van der Waals surface area (Å²) in [7, 11) is 0. The van der Waals surface area contributed by atoms with Crippen LogP contribution in [-0.2, 0) is 9.53 Å². The Morgan fingerprint density at radius 3 is 2.67 bits per heavy atom. The highest BCUT2D eigenvalue weighted by atomic mass is 16.6. The number of carbonyl (C=O) groups excluding carboxylic acids is 1. The second kappa shape index (κ2) is 7.67. The molecule has 4 heteroatoms. The number of nitrogens with one attached hydrogen (secondary N) is 1. The summed E-state index contributed by atoms with van der Waals surface area (Å²) < 4.78 is 11.6. The van der Waals surface area contributed by atoms with E-state index in [4.69, 9.17) is 9.47 Å². The lowest BCUT2D eigenvalue weighted by Crippen LogP contribution is -2.38. The van der Waals surface area contributed by atoms with E-state index in [0.29, 0.717) is 19.2 Å². The highest BCUT2D eigenvalue weighted by molar-refractivity contribution is 5.88. The van der Waals surface area contributed by atoms with Crippen LogP contribution in [-0.4, -0.2) is 31.3 Å². The van der Waals surface area contributed by atoms with E-state index in [1.807, 2.05) is 30.3 Å². The molecule has 0 heterocycles. The third-order valence-corrected chi connectivity index (χ3v) is 4.12. The SMILES string of the molecule is CC(C)NC[C@@H](COc1cccc2ccccc12)OC(=O)C1CC1. The van der Waals surface area contributed by atoms with Crippen LogP contribution >= 0.6 is 0 Å². The van der Waals surface area contributed by atoms with E-state index < -0.39 is 0 Å². The Morgan fingerprint density at radius 2 is 1.92 bits per heavy atom. The van der Waals surface area contributed by atoms with Crippen molar-refractivity contribution in [3.63, 3.8) is 0 Å². The summed E-state index contributed by atoms with van der Waals surface area (Å²) in [6.45, 7) is 5.10. The van der Waals surface area contributed by atoms with Gasteiger partial charge in [-0.05, 0) is 24.3 Å². The normalized spacial score (nSPS) is 15.5. The molecule has 1 fully saturated rings. The number of rotatable bonds is 8. The van der Waals surface area contributed by atoms with Crippen LogP contribution in [0.1, 0.15) is 26.7 Å². The highest BCUT2D eigenvalue weighted by Crippen LogP contribution is 2.30. The van der Waals surface area contributed by atoms with Gasteiger partial charge < -0.3 is 14.8 Å². The lowest BCUT2D eigenvalue weighted by molar-refractivity contribution is -0.152. The van der Waals surface area contributed by atoms with Crippen LogP contribution in [0.25, 0.3) is 10.8 Å². The first kappa shape index (κ1) is 16.8. The predicted octanol–water partition coefficient (Wildman–Crippen LogP) is 3.54. The second-order valence-electron chi connectivity index (χ2n) is 6.68. The van der Waals surface area contributed by atoms with E-state index >= 15 is 0 Å². The van der Waals surface area contributed by atoms with Crippen LogP contribution in [0.2, 0.25) is 0 Å². The number of hydrogen-bond acceptors (Lipinski definition) is 4. The summed E-state index contributed by atoms with van der Waals surface area (Å²) in [4.78, 5) is 12.0. The molecule has 0 bridgehead atoms. The largest absolute Gasteiger partial charge is 0.489 e. The van der Waals surface area contributed by atoms with Crippen LogP contribution in [0.3, 0.4) is 0 Å². The Kier molecular flexibility index (Phi) is 5.36. The van der Waals surface area contributed by atoms with Crippen molar-refractivity contribution in [1.29, 1.82) is 0 Å². The Balaban J connectivity index is 1.65.